The summed E-state index contributed by atoms with van der Waals surface area (Å²) in [7, 11) is 1.74. The van der Waals surface area contributed by atoms with E-state index in [-0.39, 0.29) is 0 Å². The Kier molecular flexibility index (Phi) is 6.53. The number of H-pyrrole nitrogens is 1. The zero-order valence-electron chi connectivity index (χ0n) is 20.1. The third-order valence-corrected chi connectivity index (χ3v) is 6.87. The highest BCUT2D eigenvalue weighted by molar-refractivity contribution is 6.37. The van der Waals surface area contributed by atoms with E-state index in [1.165, 1.54) is 0 Å². The van der Waals surface area contributed by atoms with Crippen molar-refractivity contribution in [3.05, 3.63) is 110 Å². The summed E-state index contributed by atoms with van der Waals surface area (Å²) >= 11 is 6.72. The van der Waals surface area contributed by atoms with Crippen molar-refractivity contribution in [1.82, 2.24) is 14.5 Å². The Hall–Kier alpha value is -4.03. The molecule has 1 aliphatic rings. The highest BCUT2D eigenvalue weighted by Crippen LogP contribution is 2.39. The molecule has 0 radical (unpaired) electrons. The highest BCUT2D eigenvalue weighted by Gasteiger charge is 2.20. The van der Waals surface area contributed by atoms with Crippen LogP contribution in [0.5, 0.6) is 0 Å². The van der Waals surface area contributed by atoms with Crippen molar-refractivity contribution in [3.63, 3.8) is 0 Å². The van der Waals surface area contributed by atoms with Crippen molar-refractivity contribution in [2.45, 2.75) is 26.2 Å². The molecule has 6 nitrogen and oxygen atoms in total. The second-order valence-corrected chi connectivity index (χ2v) is 9.02. The van der Waals surface area contributed by atoms with Crippen molar-refractivity contribution in [1.29, 1.82) is 0 Å². The summed E-state index contributed by atoms with van der Waals surface area (Å²) in [6.45, 7) is 2.11. The lowest BCUT2D eigenvalue weighted by Crippen LogP contribution is -2.33. The second-order valence-electron chi connectivity index (χ2n) is 8.61. The Morgan fingerprint density at radius 3 is 2.81 bits per heavy atom. The zero-order chi connectivity index (χ0) is 25.2. The predicted octanol–water partition coefficient (Wildman–Crippen LogP) is 5.93. The van der Waals surface area contributed by atoms with Crippen LogP contribution in [0.1, 0.15) is 31.7 Å². The molecule has 0 amide bonds. The van der Waals surface area contributed by atoms with Gasteiger partial charge in [0.1, 0.15) is 0 Å². The summed E-state index contributed by atoms with van der Waals surface area (Å²) in [6, 6.07) is 13.0. The standard InChI is InChI=1S/C29H25ClN4O2/c1-3-18(13-14-31-2)22-9-6-10-24(30)27(22)19-11-12-23-25(15-19)33-29(36)34(28(23)35)26-17-32-16-20-7-4-5-8-21(20)26/h4-5,7-8,10-17H,3,6,9H2,1-2H3,(H,33,36)/b18-13+,31-14?. The Bertz CT molecular complexity index is 1730. The molecule has 2 aromatic carbocycles. The van der Waals surface area contributed by atoms with Crippen LogP contribution in [0.3, 0.4) is 0 Å². The van der Waals surface area contributed by atoms with Crippen LogP contribution in [-0.2, 0) is 0 Å². The number of aromatic amines is 1. The minimum Gasteiger partial charge on any atom is -0.306 e. The largest absolute Gasteiger partial charge is 0.333 e. The van der Waals surface area contributed by atoms with Gasteiger partial charge in [0, 0.05) is 40.8 Å². The summed E-state index contributed by atoms with van der Waals surface area (Å²) in [6.07, 6.45) is 11.6. The Morgan fingerprint density at radius 2 is 2.00 bits per heavy atom. The molecule has 36 heavy (non-hydrogen) atoms. The van der Waals surface area contributed by atoms with Crippen LogP contribution in [0.4, 0.5) is 0 Å². The number of benzene rings is 2. The number of aliphatic imine (C=N–C) groups is 1. The van der Waals surface area contributed by atoms with Gasteiger partial charge in [-0.2, -0.15) is 0 Å². The van der Waals surface area contributed by atoms with Crippen molar-refractivity contribution < 1.29 is 0 Å². The van der Waals surface area contributed by atoms with E-state index in [1.54, 1.807) is 31.7 Å². The number of hydrogen-bond acceptors (Lipinski definition) is 4. The van der Waals surface area contributed by atoms with E-state index in [9.17, 15) is 9.59 Å². The second kappa shape index (κ2) is 9.91. The zero-order valence-corrected chi connectivity index (χ0v) is 20.8. The number of hydrogen-bond donors (Lipinski definition) is 1. The van der Waals surface area contributed by atoms with Crippen LogP contribution in [0.15, 0.2) is 97.8 Å². The fourth-order valence-electron chi connectivity index (χ4n) is 4.82. The summed E-state index contributed by atoms with van der Waals surface area (Å²) < 4.78 is 1.15. The molecule has 180 valence electrons. The fraction of sp³-hybridized carbons (Fsp3) is 0.172. The van der Waals surface area contributed by atoms with Crippen molar-refractivity contribution >= 4 is 45.1 Å². The van der Waals surface area contributed by atoms with E-state index in [1.807, 2.05) is 48.6 Å². The van der Waals surface area contributed by atoms with E-state index in [0.717, 1.165) is 56.9 Å². The lowest BCUT2D eigenvalue weighted by molar-refractivity contribution is 0.902. The van der Waals surface area contributed by atoms with Crippen molar-refractivity contribution in [3.8, 4) is 5.69 Å². The van der Waals surface area contributed by atoms with Gasteiger partial charge in [-0.05, 0) is 54.2 Å². The van der Waals surface area contributed by atoms with Gasteiger partial charge in [0.2, 0.25) is 0 Å². The Morgan fingerprint density at radius 1 is 1.17 bits per heavy atom. The Labute approximate surface area is 213 Å². The number of halogens is 1. The predicted molar refractivity (Wildman–Crippen MR) is 148 cm³/mol. The maximum atomic E-state index is 13.5. The quantitative estimate of drug-likeness (QED) is 0.347. The summed E-state index contributed by atoms with van der Waals surface area (Å²) in [5, 5.41) is 2.71. The molecule has 4 aromatic rings. The third-order valence-electron chi connectivity index (χ3n) is 6.53. The number of fused-ring (bicyclic) bond motifs is 2. The number of allylic oxidation sites excluding steroid dienone is 6. The summed E-state index contributed by atoms with van der Waals surface area (Å²) in [4.78, 5) is 38.0. The van der Waals surface area contributed by atoms with Gasteiger partial charge in [-0.3, -0.25) is 14.8 Å². The SMILES string of the molecule is CC/C(=C\C=NC)C1=C(c2ccc3c(=O)n(-c4cncc5ccccc45)c(=O)[nH]c3c2)C(Cl)=CCC1. The average molecular weight is 497 g/mol. The van der Waals surface area contributed by atoms with Gasteiger partial charge in [0.15, 0.2) is 0 Å². The molecule has 5 rings (SSSR count). The van der Waals surface area contributed by atoms with Crippen LogP contribution >= 0.6 is 11.6 Å². The molecule has 0 fully saturated rings. The third kappa shape index (κ3) is 4.14. The molecule has 2 aromatic heterocycles. The molecule has 0 saturated carbocycles. The maximum absolute atomic E-state index is 13.5. The normalized spacial score (nSPS) is 14.8. The minimum absolute atomic E-state index is 0.397. The molecular weight excluding hydrogens is 472 g/mol. The van der Waals surface area contributed by atoms with E-state index in [0.29, 0.717) is 21.6 Å². The van der Waals surface area contributed by atoms with E-state index in [4.69, 9.17) is 11.6 Å². The summed E-state index contributed by atoms with van der Waals surface area (Å²) in [5.74, 6) is 0. The average Bonchev–Trinajstić information content (AvgIpc) is 2.89. The van der Waals surface area contributed by atoms with Crippen LogP contribution in [0, 0.1) is 0 Å². The first-order chi connectivity index (χ1) is 17.5. The highest BCUT2D eigenvalue weighted by atomic mass is 35.5. The fourth-order valence-corrected chi connectivity index (χ4v) is 5.15. The van der Waals surface area contributed by atoms with E-state index < -0.39 is 11.2 Å². The number of aromatic nitrogens is 3. The van der Waals surface area contributed by atoms with Crippen molar-refractivity contribution in [2.75, 3.05) is 7.05 Å². The van der Waals surface area contributed by atoms with Crippen LogP contribution in [0.25, 0.3) is 32.9 Å². The molecule has 7 heteroatoms. The number of pyridine rings is 1. The molecule has 0 saturated heterocycles. The lowest BCUT2D eigenvalue weighted by atomic mass is 9.86. The van der Waals surface area contributed by atoms with E-state index >= 15 is 0 Å². The smallest absolute Gasteiger partial charge is 0.306 e. The molecule has 2 heterocycles. The van der Waals surface area contributed by atoms with Crippen LogP contribution in [0.2, 0.25) is 0 Å². The molecule has 1 aliphatic carbocycles. The number of rotatable bonds is 5. The Balaban J connectivity index is 1.72. The lowest BCUT2D eigenvalue weighted by Gasteiger charge is -2.21. The maximum Gasteiger partial charge on any atom is 0.333 e. The van der Waals surface area contributed by atoms with Gasteiger partial charge in [-0.25, -0.2) is 9.36 Å². The molecule has 1 N–H and O–H groups in total. The van der Waals surface area contributed by atoms with Crippen LogP contribution in [-0.4, -0.2) is 27.8 Å². The summed E-state index contributed by atoms with van der Waals surface area (Å²) in [5.41, 5.74) is 4.09. The number of nitrogens with zero attached hydrogens (tertiary/aromatic N) is 3. The van der Waals surface area contributed by atoms with Gasteiger partial charge >= 0.3 is 5.69 Å². The van der Waals surface area contributed by atoms with Gasteiger partial charge in [0.25, 0.3) is 5.56 Å². The molecular formula is C29H25ClN4O2. The first-order valence-corrected chi connectivity index (χ1v) is 12.2. The molecule has 0 atom stereocenters. The first kappa shape index (κ1) is 23.7. The van der Waals surface area contributed by atoms with Gasteiger partial charge in [0.05, 0.1) is 22.8 Å². The minimum atomic E-state index is -0.518. The first-order valence-electron chi connectivity index (χ1n) is 11.9. The van der Waals surface area contributed by atoms with Gasteiger partial charge in [-0.1, -0.05) is 54.9 Å². The molecule has 0 unspecified atom stereocenters. The van der Waals surface area contributed by atoms with Crippen molar-refractivity contribution in [2.24, 2.45) is 4.99 Å². The molecule has 0 bridgehead atoms. The van der Waals surface area contributed by atoms with Gasteiger partial charge in [-0.15, -0.1) is 0 Å². The topological polar surface area (TPSA) is 80.1 Å². The van der Waals surface area contributed by atoms with Crippen LogP contribution < -0.4 is 11.2 Å². The molecule has 0 spiro atoms. The number of nitrogens with one attached hydrogen (secondary N) is 1. The van der Waals surface area contributed by atoms with Gasteiger partial charge < -0.3 is 4.98 Å². The molecule has 0 aliphatic heterocycles. The monoisotopic (exact) mass is 496 g/mol. The van der Waals surface area contributed by atoms with E-state index in [2.05, 4.69) is 21.9 Å².